The molecule has 0 radical (unpaired) electrons. The van der Waals surface area contributed by atoms with Gasteiger partial charge in [-0.2, -0.15) is 0 Å². The normalized spacial score (nSPS) is 15.9. The van der Waals surface area contributed by atoms with E-state index in [2.05, 4.69) is 15.4 Å². The zero-order valence-electron chi connectivity index (χ0n) is 9.25. The van der Waals surface area contributed by atoms with Crippen LogP contribution in [0.3, 0.4) is 0 Å². The Bertz CT molecular complexity index is 427. The lowest BCUT2D eigenvalue weighted by atomic mass is 10.0. The fourth-order valence-electron chi connectivity index (χ4n) is 1.46. The van der Waals surface area contributed by atoms with E-state index in [9.17, 15) is 18.0 Å². The van der Waals surface area contributed by atoms with Crippen LogP contribution in [0.2, 0.25) is 0 Å². The van der Waals surface area contributed by atoms with Gasteiger partial charge in [0, 0.05) is 18.8 Å². The summed E-state index contributed by atoms with van der Waals surface area (Å²) < 4.78 is 39.5. The van der Waals surface area contributed by atoms with Crippen molar-refractivity contribution in [1.82, 2.24) is 5.32 Å². The molecular formula is C11H11F3N2O2. The van der Waals surface area contributed by atoms with Crippen molar-refractivity contribution in [2.24, 2.45) is 5.92 Å². The van der Waals surface area contributed by atoms with Gasteiger partial charge in [0.1, 0.15) is 5.75 Å². The molecule has 0 saturated carbocycles. The maximum atomic E-state index is 11.9. The van der Waals surface area contributed by atoms with Crippen LogP contribution in [0.25, 0.3) is 0 Å². The molecule has 1 aliphatic rings. The third-order valence-electron chi connectivity index (χ3n) is 2.51. The third-order valence-corrected chi connectivity index (χ3v) is 2.51. The van der Waals surface area contributed by atoms with Crippen molar-refractivity contribution in [3.05, 3.63) is 24.3 Å². The molecule has 4 nitrogen and oxygen atoms in total. The van der Waals surface area contributed by atoms with E-state index in [-0.39, 0.29) is 17.6 Å². The predicted molar refractivity (Wildman–Crippen MR) is 58.1 cm³/mol. The molecular weight excluding hydrogens is 249 g/mol. The first-order chi connectivity index (χ1) is 8.44. The number of carbonyl (C=O) groups excluding carboxylic acids is 1. The van der Waals surface area contributed by atoms with Crippen molar-refractivity contribution in [2.45, 2.75) is 6.36 Å². The Morgan fingerprint density at radius 2 is 1.89 bits per heavy atom. The highest BCUT2D eigenvalue weighted by Crippen LogP contribution is 2.24. The average Bonchev–Trinajstić information content (AvgIpc) is 2.16. The number of halogens is 3. The van der Waals surface area contributed by atoms with Crippen LogP contribution in [0.5, 0.6) is 5.75 Å². The molecule has 1 saturated heterocycles. The Morgan fingerprint density at radius 1 is 1.28 bits per heavy atom. The Balaban J connectivity index is 1.92. The topological polar surface area (TPSA) is 50.4 Å². The number of ether oxygens (including phenoxy) is 1. The predicted octanol–water partition coefficient (Wildman–Crippen LogP) is 1.74. The van der Waals surface area contributed by atoms with Gasteiger partial charge in [0.2, 0.25) is 5.91 Å². The largest absolute Gasteiger partial charge is 0.573 e. The molecule has 0 spiro atoms. The molecule has 1 aromatic carbocycles. The van der Waals surface area contributed by atoms with E-state index < -0.39 is 6.36 Å². The number of hydrogen-bond acceptors (Lipinski definition) is 3. The first-order valence-electron chi connectivity index (χ1n) is 5.31. The number of alkyl halides is 3. The summed E-state index contributed by atoms with van der Waals surface area (Å²) in [6, 6.07) is 5.04. The Morgan fingerprint density at radius 3 is 2.33 bits per heavy atom. The number of carbonyl (C=O) groups is 1. The third kappa shape index (κ3) is 3.36. The highest BCUT2D eigenvalue weighted by molar-refractivity contribution is 5.93. The van der Waals surface area contributed by atoms with Crippen LogP contribution in [-0.2, 0) is 4.79 Å². The van der Waals surface area contributed by atoms with Gasteiger partial charge in [-0.05, 0) is 24.3 Å². The number of benzene rings is 1. The van der Waals surface area contributed by atoms with Gasteiger partial charge in [0.05, 0.1) is 5.92 Å². The van der Waals surface area contributed by atoms with Crippen LogP contribution < -0.4 is 15.4 Å². The fourth-order valence-corrected chi connectivity index (χ4v) is 1.46. The molecule has 1 heterocycles. The van der Waals surface area contributed by atoms with E-state index >= 15 is 0 Å². The second-order valence-electron chi connectivity index (χ2n) is 3.92. The van der Waals surface area contributed by atoms with Gasteiger partial charge in [-0.25, -0.2) is 0 Å². The smallest absolute Gasteiger partial charge is 0.406 e. The lowest BCUT2D eigenvalue weighted by molar-refractivity contribution is -0.274. The number of nitrogens with one attached hydrogen (secondary N) is 2. The molecule has 1 aromatic rings. The van der Waals surface area contributed by atoms with E-state index in [1.165, 1.54) is 12.1 Å². The van der Waals surface area contributed by atoms with Gasteiger partial charge < -0.3 is 15.4 Å². The van der Waals surface area contributed by atoms with Crippen LogP contribution >= 0.6 is 0 Å². The van der Waals surface area contributed by atoms with Gasteiger partial charge in [-0.1, -0.05) is 0 Å². The minimum Gasteiger partial charge on any atom is -0.406 e. The minimum atomic E-state index is -4.71. The zero-order valence-corrected chi connectivity index (χ0v) is 9.25. The van der Waals surface area contributed by atoms with Crippen LogP contribution in [-0.4, -0.2) is 25.4 Å². The summed E-state index contributed by atoms with van der Waals surface area (Å²) in [7, 11) is 0. The maximum Gasteiger partial charge on any atom is 0.573 e. The Kier molecular flexibility index (Phi) is 3.42. The van der Waals surface area contributed by atoms with Crippen molar-refractivity contribution >= 4 is 11.6 Å². The molecule has 2 N–H and O–H groups in total. The van der Waals surface area contributed by atoms with E-state index in [1.54, 1.807) is 0 Å². The van der Waals surface area contributed by atoms with Gasteiger partial charge >= 0.3 is 6.36 Å². The molecule has 0 atom stereocenters. The van der Waals surface area contributed by atoms with Crippen LogP contribution in [0, 0.1) is 5.92 Å². The number of rotatable bonds is 3. The van der Waals surface area contributed by atoms with Crippen molar-refractivity contribution in [3.8, 4) is 5.75 Å². The summed E-state index contributed by atoms with van der Waals surface area (Å²) in [5.74, 6) is -0.528. The van der Waals surface area contributed by atoms with Crippen molar-refractivity contribution < 1.29 is 22.7 Å². The van der Waals surface area contributed by atoms with E-state index in [4.69, 9.17) is 0 Å². The molecule has 0 aliphatic carbocycles. The average molecular weight is 260 g/mol. The molecule has 1 fully saturated rings. The first kappa shape index (κ1) is 12.7. The molecule has 2 rings (SSSR count). The monoisotopic (exact) mass is 260 g/mol. The molecule has 1 aliphatic heterocycles. The summed E-state index contributed by atoms with van der Waals surface area (Å²) >= 11 is 0. The summed E-state index contributed by atoms with van der Waals surface area (Å²) in [6.07, 6.45) is -4.71. The Labute approximate surface area is 101 Å². The number of hydrogen-bond donors (Lipinski definition) is 2. The maximum absolute atomic E-state index is 11.9. The second kappa shape index (κ2) is 4.85. The lowest BCUT2D eigenvalue weighted by Crippen LogP contribution is -2.48. The number of anilines is 1. The zero-order chi connectivity index (χ0) is 13.2. The van der Waals surface area contributed by atoms with E-state index in [0.29, 0.717) is 18.8 Å². The van der Waals surface area contributed by atoms with Gasteiger partial charge in [-0.15, -0.1) is 13.2 Å². The molecule has 98 valence electrons. The molecule has 0 unspecified atom stereocenters. The quantitative estimate of drug-likeness (QED) is 0.870. The van der Waals surface area contributed by atoms with Crippen molar-refractivity contribution in [2.75, 3.05) is 18.4 Å². The van der Waals surface area contributed by atoms with Gasteiger partial charge in [0.25, 0.3) is 0 Å². The lowest BCUT2D eigenvalue weighted by Gasteiger charge is -2.25. The molecule has 1 amide bonds. The van der Waals surface area contributed by atoms with E-state index in [1.807, 2.05) is 0 Å². The van der Waals surface area contributed by atoms with Crippen molar-refractivity contribution in [3.63, 3.8) is 0 Å². The highest BCUT2D eigenvalue weighted by Gasteiger charge is 2.31. The second-order valence-corrected chi connectivity index (χ2v) is 3.92. The fraction of sp³-hybridized carbons (Fsp3) is 0.364. The standard InChI is InChI=1S/C11H11F3N2O2/c12-11(13,14)18-9-3-1-8(2-4-9)16-10(17)7-5-15-6-7/h1-4,7,15H,5-6H2,(H,16,17). The summed E-state index contributed by atoms with van der Waals surface area (Å²) in [4.78, 5) is 11.5. The van der Waals surface area contributed by atoms with E-state index in [0.717, 1.165) is 12.1 Å². The van der Waals surface area contributed by atoms with Crippen molar-refractivity contribution in [1.29, 1.82) is 0 Å². The molecule has 7 heteroatoms. The summed E-state index contributed by atoms with van der Waals surface area (Å²) in [5, 5.41) is 5.58. The first-order valence-corrected chi connectivity index (χ1v) is 5.31. The van der Waals surface area contributed by atoms with Crippen LogP contribution in [0.15, 0.2) is 24.3 Å². The molecule has 0 bridgehead atoms. The summed E-state index contributed by atoms with van der Waals surface area (Å²) in [6.45, 7) is 1.25. The van der Waals surface area contributed by atoms with Crippen LogP contribution in [0.1, 0.15) is 0 Å². The SMILES string of the molecule is O=C(Nc1ccc(OC(F)(F)F)cc1)C1CNC1. The number of amides is 1. The molecule has 0 aromatic heterocycles. The highest BCUT2D eigenvalue weighted by atomic mass is 19.4. The molecule has 18 heavy (non-hydrogen) atoms. The van der Waals surface area contributed by atoms with Crippen LogP contribution in [0.4, 0.5) is 18.9 Å². The van der Waals surface area contributed by atoms with Gasteiger partial charge in [-0.3, -0.25) is 4.79 Å². The van der Waals surface area contributed by atoms with Gasteiger partial charge in [0.15, 0.2) is 0 Å². The Hall–Kier alpha value is -1.76. The minimum absolute atomic E-state index is 0.0731. The summed E-state index contributed by atoms with van der Waals surface area (Å²) in [5.41, 5.74) is 0.446.